The predicted octanol–water partition coefficient (Wildman–Crippen LogP) is 3.01. The van der Waals surface area contributed by atoms with Gasteiger partial charge in [0.25, 0.3) is 0 Å². The summed E-state index contributed by atoms with van der Waals surface area (Å²) in [4.78, 5) is 6.70. The van der Waals surface area contributed by atoms with Crippen LogP contribution in [0.1, 0.15) is 36.5 Å². The zero-order valence-electron chi connectivity index (χ0n) is 16.4. The molecule has 3 rings (SSSR count). The zero-order valence-corrected chi connectivity index (χ0v) is 16.4. The second-order valence-electron chi connectivity index (χ2n) is 7.64. The Morgan fingerprint density at radius 3 is 2.73 bits per heavy atom. The molecule has 5 nitrogen and oxygen atoms in total. The van der Waals surface area contributed by atoms with Gasteiger partial charge in [0.2, 0.25) is 0 Å². The van der Waals surface area contributed by atoms with Crippen LogP contribution in [0.15, 0.2) is 29.3 Å². The molecule has 1 aromatic carbocycles. The monoisotopic (exact) mass is 359 g/mol. The highest BCUT2D eigenvalue weighted by molar-refractivity contribution is 5.79. The molecule has 0 radical (unpaired) electrons. The van der Waals surface area contributed by atoms with Gasteiger partial charge in [-0.1, -0.05) is 29.8 Å². The first-order valence-electron chi connectivity index (χ1n) is 9.85. The number of ether oxygens (including phenoxy) is 2. The van der Waals surface area contributed by atoms with Gasteiger partial charge < -0.3 is 19.7 Å². The minimum absolute atomic E-state index is 0.170. The van der Waals surface area contributed by atoms with Crippen molar-refractivity contribution in [2.45, 2.75) is 32.3 Å². The van der Waals surface area contributed by atoms with Crippen LogP contribution in [0.5, 0.6) is 0 Å². The van der Waals surface area contributed by atoms with Crippen molar-refractivity contribution >= 4 is 5.96 Å². The van der Waals surface area contributed by atoms with Crippen molar-refractivity contribution in [3.8, 4) is 0 Å². The molecule has 0 aromatic heterocycles. The molecule has 2 saturated heterocycles. The van der Waals surface area contributed by atoms with Crippen molar-refractivity contribution in [2.24, 2.45) is 16.8 Å². The summed E-state index contributed by atoms with van der Waals surface area (Å²) in [6.07, 6.45) is 3.63. The summed E-state index contributed by atoms with van der Waals surface area (Å²) in [5.41, 5.74) is 2.57. The van der Waals surface area contributed by atoms with Gasteiger partial charge in [0, 0.05) is 52.2 Å². The van der Waals surface area contributed by atoms with Crippen LogP contribution in [0.2, 0.25) is 0 Å². The molecule has 5 heteroatoms. The van der Waals surface area contributed by atoms with Gasteiger partial charge in [-0.3, -0.25) is 4.99 Å². The van der Waals surface area contributed by atoms with Crippen molar-refractivity contribution in [1.29, 1.82) is 0 Å². The van der Waals surface area contributed by atoms with Gasteiger partial charge in [-0.25, -0.2) is 0 Å². The largest absolute Gasteiger partial charge is 0.381 e. The number of aryl methyl sites for hydroxylation is 1. The van der Waals surface area contributed by atoms with Crippen molar-refractivity contribution < 1.29 is 9.47 Å². The molecule has 2 heterocycles. The molecule has 0 amide bonds. The maximum atomic E-state index is 6.14. The van der Waals surface area contributed by atoms with Crippen molar-refractivity contribution in [3.63, 3.8) is 0 Å². The second kappa shape index (κ2) is 9.38. The molecule has 1 aromatic rings. The van der Waals surface area contributed by atoms with Gasteiger partial charge in [-0.15, -0.1) is 0 Å². The fourth-order valence-corrected chi connectivity index (χ4v) is 3.99. The molecule has 0 aliphatic carbocycles. The number of nitrogens with zero attached hydrogens (tertiary/aromatic N) is 2. The fourth-order valence-electron chi connectivity index (χ4n) is 3.99. The molecule has 3 atom stereocenters. The van der Waals surface area contributed by atoms with E-state index in [0.29, 0.717) is 11.8 Å². The summed E-state index contributed by atoms with van der Waals surface area (Å²) >= 11 is 0. The Kier molecular flexibility index (Phi) is 6.92. The minimum atomic E-state index is 0.170. The number of rotatable bonds is 5. The summed E-state index contributed by atoms with van der Waals surface area (Å²) in [6.45, 7) is 6.61. The van der Waals surface area contributed by atoms with Gasteiger partial charge in [-0.05, 0) is 31.7 Å². The van der Waals surface area contributed by atoms with E-state index in [0.717, 1.165) is 51.7 Å². The maximum absolute atomic E-state index is 6.14. The SMILES string of the molecule is CN=C(NCC1CCCOC1c1ccc(C)cc1)N(C)CC1CCOC1. The average Bonchev–Trinajstić information content (AvgIpc) is 3.16. The fraction of sp³-hybridized carbons (Fsp3) is 0.667. The lowest BCUT2D eigenvalue weighted by atomic mass is 9.89. The van der Waals surface area contributed by atoms with Gasteiger partial charge in [0.15, 0.2) is 5.96 Å². The van der Waals surface area contributed by atoms with Crippen LogP contribution in [-0.2, 0) is 9.47 Å². The van der Waals surface area contributed by atoms with Gasteiger partial charge >= 0.3 is 0 Å². The summed E-state index contributed by atoms with van der Waals surface area (Å²) in [5.74, 6) is 2.04. The number of guanidine groups is 1. The average molecular weight is 360 g/mol. The summed E-state index contributed by atoms with van der Waals surface area (Å²) in [6, 6.07) is 8.76. The normalized spacial score (nSPS) is 26.7. The van der Waals surface area contributed by atoms with E-state index in [2.05, 4.69) is 53.4 Å². The number of hydrogen-bond acceptors (Lipinski definition) is 3. The third kappa shape index (κ3) is 4.98. The smallest absolute Gasteiger partial charge is 0.193 e. The molecular weight excluding hydrogens is 326 g/mol. The predicted molar refractivity (Wildman–Crippen MR) is 106 cm³/mol. The molecule has 2 aliphatic heterocycles. The lowest BCUT2D eigenvalue weighted by Crippen LogP contribution is -2.44. The lowest BCUT2D eigenvalue weighted by molar-refractivity contribution is -0.0266. The quantitative estimate of drug-likeness (QED) is 0.648. The highest BCUT2D eigenvalue weighted by atomic mass is 16.5. The maximum Gasteiger partial charge on any atom is 0.193 e. The van der Waals surface area contributed by atoms with Gasteiger partial charge in [-0.2, -0.15) is 0 Å². The Morgan fingerprint density at radius 2 is 2.04 bits per heavy atom. The van der Waals surface area contributed by atoms with Crippen LogP contribution in [0.25, 0.3) is 0 Å². The highest BCUT2D eigenvalue weighted by Gasteiger charge is 2.28. The third-order valence-corrected chi connectivity index (χ3v) is 5.50. The number of benzene rings is 1. The van der Waals surface area contributed by atoms with Crippen LogP contribution in [0, 0.1) is 18.8 Å². The molecule has 0 spiro atoms. The van der Waals surface area contributed by atoms with Crippen LogP contribution in [0.3, 0.4) is 0 Å². The lowest BCUT2D eigenvalue weighted by Gasteiger charge is -2.33. The zero-order chi connectivity index (χ0) is 18.4. The number of nitrogens with one attached hydrogen (secondary N) is 1. The Hall–Kier alpha value is -1.59. The molecule has 3 unspecified atom stereocenters. The Balaban J connectivity index is 1.57. The van der Waals surface area contributed by atoms with Gasteiger partial charge in [0.1, 0.15) is 0 Å². The molecule has 1 N–H and O–H groups in total. The second-order valence-corrected chi connectivity index (χ2v) is 7.64. The van der Waals surface area contributed by atoms with Crippen LogP contribution in [0.4, 0.5) is 0 Å². The molecule has 2 aliphatic rings. The van der Waals surface area contributed by atoms with Crippen molar-refractivity contribution in [2.75, 3.05) is 47.0 Å². The standard InChI is InChI=1S/C21H33N3O2/c1-16-6-8-18(9-7-16)20-19(5-4-11-26-20)13-23-21(22-2)24(3)14-17-10-12-25-15-17/h6-9,17,19-20H,4-5,10-15H2,1-3H3,(H,22,23). The van der Waals surface area contributed by atoms with E-state index in [1.165, 1.54) is 17.5 Å². The minimum Gasteiger partial charge on any atom is -0.381 e. The number of hydrogen-bond donors (Lipinski definition) is 1. The van der Waals surface area contributed by atoms with E-state index in [4.69, 9.17) is 9.47 Å². The van der Waals surface area contributed by atoms with E-state index in [-0.39, 0.29) is 6.10 Å². The first-order valence-corrected chi connectivity index (χ1v) is 9.85. The Labute approximate surface area is 157 Å². The number of aliphatic imine (C=N–C) groups is 1. The molecule has 2 fully saturated rings. The molecule has 26 heavy (non-hydrogen) atoms. The third-order valence-electron chi connectivity index (χ3n) is 5.50. The Morgan fingerprint density at radius 1 is 1.23 bits per heavy atom. The molecular formula is C21H33N3O2. The molecule has 0 bridgehead atoms. The summed E-state index contributed by atoms with van der Waals surface area (Å²) in [7, 11) is 3.97. The van der Waals surface area contributed by atoms with E-state index in [1.807, 2.05) is 7.05 Å². The van der Waals surface area contributed by atoms with Crippen LogP contribution >= 0.6 is 0 Å². The van der Waals surface area contributed by atoms with Gasteiger partial charge in [0.05, 0.1) is 12.7 Å². The summed E-state index contributed by atoms with van der Waals surface area (Å²) in [5, 5.41) is 3.58. The Bertz CT molecular complexity index is 581. The molecule has 0 saturated carbocycles. The van der Waals surface area contributed by atoms with Crippen molar-refractivity contribution in [1.82, 2.24) is 10.2 Å². The van der Waals surface area contributed by atoms with Crippen LogP contribution < -0.4 is 5.32 Å². The van der Waals surface area contributed by atoms with E-state index >= 15 is 0 Å². The first-order chi connectivity index (χ1) is 12.7. The summed E-state index contributed by atoms with van der Waals surface area (Å²) < 4.78 is 11.6. The van der Waals surface area contributed by atoms with E-state index < -0.39 is 0 Å². The first kappa shape index (κ1) is 19.2. The molecule has 144 valence electrons. The van der Waals surface area contributed by atoms with E-state index in [9.17, 15) is 0 Å². The van der Waals surface area contributed by atoms with Crippen molar-refractivity contribution in [3.05, 3.63) is 35.4 Å². The van der Waals surface area contributed by atoms with Crippen LogP contribution in [-0.4, -0.2) is 57.9 Å². The topological polar surface area (TPSA) is 46.1 Å². The highest BCUT2D eigenvalue weighted by Crippen LogP contribution is 2.33. The van der Waals surface area contributed by atoms with E-state index in [1.54, 1.807) is 0 Å².